The minimum absolute atomic E-state index is 0.0287. The third-order valence-electron chi connectivity index (χ3n) is 1.90. The topological polar surface area (TPSA) is 46.2 Å². The van der Waals surface area contributed by atoms with Gasteiger partial charge >= 0.3 is 0 Å². The minimum atomic E-state index is -0.352. The molecule has 0 bridgehead atoms. The molecule has 0 aliphatic rings. The van der Waals surface area contributed by atoms with Gasteiger partial charge < -0.3 is 5.32 Å². The molecule has 0 aromatic heterocycles. The first-order valence-corrected chi connectivity index (χ1v) is 5.08. The standard InChI is InChI=1S/C11H21NO2/c1-6-9(13)8(2)12-10(14)7-11(3,4)5/h8H,6-7H2,1-5H3,(H,12,14). The molecule has 14 heavy (non-hydrogen) atoms. The highest BCUT2D eigenvalue weighted by Crippen LogP contribution is 2.17. The zero-order valence-corrected chi connectivity index (χ0v) is 9.81. The Labute approximate surface area is 86.3 Å². The van der Waals surface area contributed by atoms with Gasteiger partial charge in [0.05, 0.1) is 6.04 Å². The van der Waals surface area contributed by atoms with Crippen LogP contribution < -0.4 is 5.32 Å². The summed E-state index contributed by atoms with van der Waals surface area (Å²) in [6.07, 6.45) is 0.922. The van der Waals surface area contributed by atoms with Crippen LogP contribution in [0.4, 0.5) is 0 Å². The van der Waals surface area contributed by atoms with Gasteiger partial charge in [-0.15, -0.1) is 0 Å². The van der Waals surface area contributed by atoms with Crippen LogP contribution in [-0.2, 0) is 9.59 Å². The summed E-state index contributed by atoms with van der Waals surface area (Å²) >= 11 is 0. The number of rotatable bonds is 4. The maximum absolute atomic E-state index is 11.4. The highest BCUT2D eigenvalue weighted by molar-refractivity contribution is 5.88. The van der Waals surface area contributed by atoms with Crippen LogP contribution in [0.2, 0.25) is 0 Å². The van der Waals surface area contributed by atoms with E-state index in [1.54, 1.807) is 13.8 Å². The average molecular weight is 199 g/mol. The van der Waals surface area contributed by atoms with Crippen LogP contribution in [0.1, 0.15) is 47.5 Å². The Morgan fingerprint density at radius 1 is 1.29 bits per heavy atom. The Hall–Kier alpha value is -0.860. The average Bonchev–Trinajstić information content (AvgIpc) is 1.99. The first kappa shape index (κ1) is 13.1. The van der Waals surface area contributed by atoms with E-state index in [4.69, 9.17) is 0 Å². The molecule has 0 saturated heterocycles. The molecule has 1 unspecified atom stereocenters. The van der Waals surface area contributed by atoms with E-state index in [0.29, 0.717) is 12.8 Å². The molecule has 0 aliphatic heterocycles. The molecule has 0 aromatic rings. The largest absolute Gasteiger partial charge is 0.347 e. The summed E-state index contributed by atoms with van der Waals surface area (Å²) in [6, 6.07) is -0.352. The Morgan fingerprint density at radius 3 is 2.14 bits per heavy atom. The first-order valence-electron chi connectivity index (χ1n) is 5.08. The van der Waals surface area contributed by atoms with Crippen LogP contribution in [0.15, 0.2) is 0 Å². The van der Waals surface area contributed by atoms with Crippen molar-refractivity contribution in [1.82, 2.24) is 5.32 Å². The van der Waals surface area contributed by atoms with Crippen molar-refractivity contribution in [2.75, 3.05) is 0 Å². The van der Waals surface area contributed by atoms with Crippen molar-refractivity contribution in [2.24, 2.45) is 5.41 Å². The fourth-order valence-corrected chi connectivity index (χ4v) is 1.16. The summed E-state index contributed by atoms with van der Waals surface area (Å²) < 4.78 is 0. The quantitative estimate of drug-likeness (QED) is 0.751. The van der Waals surface area contributed by atoms with E-state index in [9.17, 15) is 9.59 Å². The molecule has 0 fully saturated rings. The van der Waals surface area contributed by atoms with Crippen molar-refractivity contribution < 1.29 is 9.59 Å². The number of ketones is 1. The molecule has 0 saturated carbocycles. The van der Waals surface area contributed by atoms with Gasteiger partial charge in [0.1, 0.15) is 0 Å². The van der Waals surface area contributed by atoms with Gasteiger partial charge in [0.25, 0.3) is 0 Å². The summed E-state index contributed by atoms with van der Waals surface area (Å²) in [5.74, 6) is 0.0269. The molecule has 0 rings (SSSR count). The van der Waals surface area contributed by atoms with Gasteiger partial charge in [-0.1, -0.05) is 27.7 Å². The number of hydrogen-bond donors (Lipinski definition) is 1. The molecule has 1 amide bonds. The fourth-order valence-electron chi connectivity index (χ4n) is 1.16. The Balaban J connectivity index is 4.01. The second-order valence-electron chi connectivity index (χ2n) is 4.85. The number of hydrogen-bond acceptors (Lipinski definition) is 2. The van der Waals surface area contributed by atoms with E-state index in [1.165, 1.54) is 0 Å². The van der Waals surface area contributed by atoms with Crippen LogP contribution in [0.25, 0.3) is 0 Å². The minimum Gasteiger partial charge on any atom is -0.347 e. The summed E-state index contributed by atoms with van der Waals surface area (Å²) in [6.45, 7) is 9.53. The number of nitrogens with one attached hydrogen (secondary N) is 1. The Bertz CT molecular complexity index is 216. The van der Waals surface area contributed by atoms with Crippen molar-refractivity contribution in [2.45, 2.75) is 53.5 Å². The lowest BCUT2D eigenvalue weighted by atomic mass is 9.92. The van der Waals surface area contributed by atoms with E-state index in [2.05, 4.69) is 5.32 Å². The fraction of sp³-hybridized carbons (Fsp3) is 0.818. The van der Waals surface area contributed by atoms with E-state index in [0.717, 1.165) is 0 Å². The molecule has 0 spiro atoms. The summed E-state index contributed by atoms with van der Waals surface area (Å²) in [7, 11) is 0. The molecule has 0 radical (unpaired) electrons. The zero-order chi connectivity index (χ0) is 11.4. The number of amides is 1. The van der Waals surface area contributed by atoms with Gasteiger partial charge in [0.2, 0.25) is 5.91 Å². The van der Waals surface area contributed by atoms with Gasteiger partial charge in [0.15, 0.2) is 5.78 Å². The molecule has 3 heteroatoms. The SMILES string of the molecule is CCC(=O)C(C)NC(=O)CC(C)(C)C. The van der Waals surface area contributed by atoms with Crippen molar-refractivity contribution >= 4 is 11.7 Å². The predicted molar refractivity (Wildman–Crippen MR) is 57.0 cm³/mol. The first-order chi connectivity index (χ1) is 6.26. The lowest BCUT2D eigenvalue weighted by Crippen LogP contribution is -2.39. The van der Waals surface area contributed by atoms with Crippen molar-refractivity contribution in [1.29, 1.82) is 0 Å². The highest BCUT2D eigenvalue weighted by Gasteiger charge is 2.19. The van der Waals surface area contributed by atoms with E-state index >= 15 is 0 Å². The molecule has 1 N–H and O–H groups in total. The molecule has 0 aromatic carbocycles. The van der Waals surface area contributed by atoms with Gasteiger partial charge in [-0.05, 0) is 12.3 Å². The number of Topliss-reactive ketones (excluding diaryl/α,β-unsaturated/α-hetero) is 1. The lowest BCUT2D eigenvalue weighted by molar-refractivity contribution is -0.128. The maximum atomic E-state index is 11.4. The van der Waals surface area contributed by atoms with Crippen molar-refractivity contribution in [3.05, 3.63) is 0 Å². The predicted octanol–water partition coefficient (Wildman–Crippen LogP) is 1.91. The molecule has 0 aliphatic carbocycles. The van der Waals surface area contributed by atoms with E-state index in [-0.39, 0.29) is 23.1 Å². The normalized spacial score (nSPS) is 13.5. The van der Waals surface area contributed by atoms with E-state index < -0.39 is 0 Å². The summed E-state index contributed by atoms with van der Waals surface area (Å²) in [5.41, 5.74) is -0.0287. The second-order valence-corrected chi connectivity index (χ2v) is 4.85. The van der Waals surface area contributed by atoms with Crippen LogP contribution >= 0.6 is 0 Å². The van der Waals surface area contributed by atoms with Gasteiger partial charge in [-0.3, -0.25) is 9.59 Å². The van der Waals surface area contributed by atoms with Crippen molar-refractivity contribution in [3.63, 3.8) is 0 Å². The molecule has 0 heterocycles. The van der Waals surface area contributed by atoms with Crippen LogP contribution in [-0.4, -0.2) is 17.7 Å². The summed E-state index contributed by atoms with van der Waals surface area (Å²) in [4.78, 5) is 22.6. The molecule has 1 atom stereocenters. The van der Waals surface area contributed by atoms with Crippen LogP contribution in [0.3, 0.4) is 0 Å². The van der Waals surface area contributed by atoms with Gasteiger partial charge in [-0.2, -0.15) is 0 Å². The lowest BCUT2D eigenvalue weighted by Gasteiger charge is -2.19. The molecular weight excluding hydrogens is 178 g/mol. The van der Waals surface area contributed by atoms with Crippen molar-refractivity contribution in [3.8, 4) is 0 Å². The monoisotopic (exact) mass is 199 g/mol. The molecule has 3 nitrogen and oxygen atoms in total. The van der Waals surface area contributed by atoms with Gasteiger partial charge in [-0.25, -0.2) is 0 Å². The summed E-state index contributed by atoms with van der Waals surface area (Å²) in [5, 5.41) is 2.70. The maximum Gasteiger partial charge on any atom is 0.221 e. The molecular formula is C11H21NO2. The Kier molecular flexibility index (Phi) is 4.81. The smallest absolute Gasteiger partial charge is 0.221 e. The third-order valence-corrected chi connectivity index (χ3v) is 1.90. The van der Waals surface area contributed by atoms with Gasteiger partial charge in [0, 0.05) is 12.8 Å². The van der Waals surface area contributed by atoms with Crippen LogP contribution in [0.5, 0.6) is 0 Å². The third kappa shape index (κ3) is 5.73. The number of carbonyl (C=O) groups is 2. The zero-order valence-electron chi connectivity index (χ0n) is 9.81. The highest BCUT2D eigenvalue weighted by atomic mass is 16.2. The second kappa shape index (κ2) is 5.13. The number of carbonyl (C=O) groups excluding carboxylic acids is 2. The van der Waals surface area contributed by atoms with E-state index in [1.807, 2.05) is 20.8 Å². The van der Waals surface area contributed by atoms with Crippen LogP contribution in [0, 0.1) is 5.41 Å². The molecule has 82 valence electrons. The Morgan fingerprint density at radius 2 is 1.79 bits per heavy atom.